The lowest BCUT2D eigenvalue weighted by molar-refractivity contribution is -0.0340. The van der Waals surface area contributed by atoms with Crippen molar-refractivity contribution in [3.63, 3.8) is 0 Å². The summed E-state index contributed by atoms with van der Waals surface area (Å²) in [5.74, 6) is 0. The summed E-state index contributed by atoms with van der Waals surface area (Å²) in [5, 5.41) is 18.6. The molecule has 4 nitrogen and oxygen atoms in total. The molecule has 1 aromatic carbocycles. The number of benzene rings is 1. The minimum Gasteiger partial charge on any atom is -0.394 e. The van der Waals surface area contributed by atoms with Crippen LogP contribution in [0.2, 0.25) is 0 Å². The molecule has 1 aromatic rings. The molecule has 1 aliphatic rings. The molecule has 1 heterocycles. The van der Waals surface area contributed by atoms with Crippen molar-refractivity contribution in [2.75, 3.05) is 13.2 Å². The van der Waals surface area contributed by atoms with Gasteiger partial charge in [-0.15, -0.1) is 0 Å². The molecule has 16 heavy (non-hydrogen) atoms. The highest BCUT2D eigenvalue weighted by Crippen LogP contribution is 2.18. The fourth-order valence-corrected chi connectivity index (χ4v) is 1.74. The van der Waals surface area contributed by atoms with E-state index in [-0.39, 0.29) is 12.7 Å². The van der Waals surface area contributed by atoms with E-state index in [0.717, 1.165) is 5.56 Å². The molecule has 0 unspecified atom stereocenters. The summed E-state index contributed by atoms with van der Waals surface area (Å²) >= 11 is 0. The van der Waals surface area contributed by atoms with Gasteiger partial charge in [0.2, 0.25) is 0 Å². The zero-order chi connectivity index (χ0) is 11.4. The molecule has 2 N–H and O–H groups in total. The summed E-state index contributed by atoms with van der Waals surface area (Å²) in [5.41, 5.74) is 1.06. The molecular formula is C12H16O4. The molecule has 1 fully saturated rings. The van der Waals surface area contributed by atoms with E-state index < -0.39 is 12.2 Å². The minimum absolute atomic E-state index is 0.174. The molecule has 0 bridgehead atoms. The summed E-state index contributed by atoms with van der Waals surface area (Å²) in [6.45, 7) is 0.607. The van der Waals surface area contributed by atoms with Crippen LogP contribution in [0.15, 0.2) is 30.3 Å². The third-order valence-electron chi connectivity index (χ3n) is 2.72. The van der Waals surface area contributed by atoms with Gasteiger partial charge in [-0.2, -0.15) is 0 Å². The zero-order valence-corrected chi connectivity index (χ0v) is 8.95. The molecule has 0 saturated carbocycles. The fourth-order valence-electron chi connectivity index (χ4n) is 1.74. The lowest BCUT2D eigenvalue weighted by Crippen LogP contribution is -2.33. The van der Waals surface area contributed by atoms with E-state index in [9.17, 15) is 5.11 Å². The van der Waals surface area contributed by atoms with Crippen molar-refractivity contribution in [2.24, 2.45) is 0 Å². The number of hydrogen-bond donors (Lipinski definition) is 2. The second-order valence-corrected chi connectivity index (χ2v) is 3.88. The van der Waals surface area contributed by atoms with Crippen molar-refractivity contribution in [3.05, 3.63) is 35.9 Å². The Kier molecular flexibility index (Phi) is 3.90. The second-order valence-electron chi connectivity index (χ2n) is 3.88. The maximum Gasteiger partial charge on any atom is 0.111 e. The van der Waals surface area contributed by atoms with E-state index in [1.807, 2.05) is 30.3 Å². The van der Waals surface area contributed by atoms with Crippen molar-refractivity contribution in [3.8, 4) is 0 Å². The van der Waals surface area contributed by atoms with Gasteiger partial charge in [-0.3, -0.25) is 0 Å². The quantitative estimate of drug-likeness (QED) is 0.773. The summed E-state index contributed by atoms with van der Waals surface area (Å²) in [7, 11) is 0. The van der Waals surface area contributed by atoms with Crippen LogP contribution < -0.4 is 0 Å². The number of aliphatic hydroxyl groups excluding tert-OH is 2. The Hall–Kier alpha value is -0.940. The summed E-state index contributed by atoms with van der Waals surface area (Å²) in [6, 6.07) is 9.75. The van der Waals surface area contributed by atoms with Crippen molar-refractivity contribution < 1.29 is 19.7 Å². The van der Waals surface area contributed by atoms with E-state index >= 15 is 0 Å². The van der Waals surface area contributed by atoms with Gasteiger partial charge >= 0.3 is 0 Å². The highest BCUT2D eigenvalue weighted by Gasteiger charge is 2.35. The maximum absolute atomic E-state index is 9.72. The van der Waals surface area contributed by atoms with Crippen LogP contribution in [0, 0.1) is 0 Å². The van der Waals surface area contributed by atoms with Crippen LogP contribution in [-0.4, -0.2) is 41.7 Å². The Morgan fingerprint density at radius 2 is 2.06 bits per heavy atom. The molecule has 4 heteroatoms. The Balaban J connectivity index is 1.83. The SMILES string of the molecule is OC[C@H]1OC[C@@H](OCc2ccccc2)[C@@H]1O. The lowest BCUT2D eigenvalue weighted by atomic mass is 10.1. The van der Waals surface area contributed by atoms with Gasteiger partial charge in [0.25, 0.3) is 0 Å². The van der Waals surface area contributed by atoms with Crippen molar-refractivity contribution in [2.45, 2.75) is 24.9 Å². The number of hydrogen-bond acceptors (Lipinski definition) is 4. The Labute approximate surface area is 94.4 Å². The molecule has 3 atom stereocenters. The van der Waals surface area contributed by atoms with E-state index in [1.54, 1.807) is 0 Å². The highest BCUT2D eigenvalue weighted by molar-refractivity contribution is 5.13. The van der Waals surface area contributed by atoms with Gasteiger partial charge in [-0.1, -0.05) is 30.3 Å². The smallest absolute Gasteiger partial charge is 0.111 e. The van der Waals surface area contributed by atoms with Gasteiger partial charge < -0.3 is 19.7 Å². The van der Waals surface area contributed by atoms with E-state index in [4.69, 9.17) is 14.6 Å². The molecule has 0 amide bonds. The number of rotatable bonds is 4. The summed E-state index contributed by atoms with van der Waals surface area (Å²) in [6.07, 6.45) is -1.60. The average molecular weight is 224 g/mol. The summed E-state index contributed by atoms with van der Waals surface area (Å²) in [4.78, 5) is 0. The molecule has 0 radical (unpaired) electrons. The van der Waals surface area contributed by atoms with Crippen molar-refractivity contribution in [1.82, 2.24) is 0 Å². The molecule has 1 aliphatic heterocycles. The van der Waals surface area contributed by atoms with Gasteiger partial charge in [-0.05, 0) is 5.56 Å². The van der Waals surface area contributed by atoms with Crippen LogP contribution in [0.1, 0.15) is 5.56 Å². The Morgan fingerprint density at radius 1 is 1.31 bits per heavy atom. The van der Waals surface area contributed by atoms with Crippen LogP contribution in [0.5, 0.6) is 0 Å². The Morgan fingerprint density at radius 3 is 2.69 bits per heavy atom. The first-order chi connectivity index (χ1) is 7.81. The van der Waals surface area contributed by atoms with Crippen LogP contribution in [-0.2, 0) is 16.1 Å². The van der Waals surface area contributed by atoms with E-state index in [0.29, 0.717) is 13.2 Å². The van der Waals surface area contributed by atoms with Gasteiger partial charge in [0.1, 0.15) is 18.3 Å². The van der Waals surface area contributed by atoms with Gasteiger partial charge in [0.05, 0.1) is 19.8 Å². The predicted molar refractivity (Wildman–Crippen MR) is 57.9 cm³/mol. The molecule has 0 aliphatic carbocycles. The summed E-state index contributed by atoms with van der Waals surface area (Å²) < 4.78 is 10.7. The van der Waals surface area contributed by atoms with Crippen LogP contribution in [0.3, 0.4) is 0 Å². The van der Waals surface area contributed by atoms with Gasteiger partial charge in [-0.25, -0.2) is 0 Å². The normalized spacial score (nSPS) is 29.5. The third-order valence-corrected chi connectivity index (χ3v) is 2.72. The first kappa shape index (κ1) is 11.5. The van der Waals surface area contributed by atoms with Crippen LogP contribution in [0.4, 0.5) is 0 Å². The number of ether oxygens (including phenoxy) is 2. The van der Waals surface area contributed by atoms with Crippen LogP contribution in [0.25, 0.3) is 0 Å². The van der Waals surface area contributed by atoms with Crippen molar-refractivity contribution in [1.29, 1.82) is 0 Å². The van der Waals surface area contributed by atoms with Gasteiger partial charge in [0, 0.05) is 0 Å². The van der Waals surface area contributed by atoms with Crippen molar-refractivity contribution >= 4 is 0 Å². The topological polar surface area (TPSA) is 58.9 Å². The maximum atomic E-state index is 9.72. The predicted octanol–water partition coefficient (Wildman–Crippen LogP) is 0.324. The first-order valence-electron chi connectivity index (χ1n) is 5.37. The standard InChI is InChI=1S/C12H16O4/c13-6-10-12(14)11(8-16-10)15-7-9-4-2-1-3-5-9/h1-5,10-14H,6-8H2/t10-,11-,12-/m1/s1. The largest absolute Gasteiger partial charge is 0.394 e. The fraction of sp³-hybridized carbons (Fsp3) is 0.500. The third kappa shape index (κ3) is 2.59. The van der Waals surface area contributed by atoms with E-state index in [1.165, 1.54) is 0 Å². The molecule has 0 aromatic heterocycles. The number of aliphatic hydroxyl groups is 2. The average Bonchev–Trinajstić information content (AvgIpc) is 2.69. The Bertz CT molecular complexity index is 314. The minimum atomic E-state index is -0.742. The molecule has 2 rings (SSSR count). The van der Waals surface area contributed by atoms with Gasteiger partial charge in [0.15, 0.2) is 0 Å². The molecule has 0 spiro atoms. The highest BCUT2D eigenvalue weighted by atomic mass is 16.6. The zero-order valence-electron chi connectivity index (χ0n) is 8.95. The lowest BCUT2D eigenvalue weighted by Gasteiger charge is -2.16. The monoisotopic (exact) mass is 224 g/mol. The molecule has 88 valence electrons. The second kappa shape index (κ2) is 5.41. The van der Waals surface area contributed by atoms with E-state index in [2.05, 4.69) is 0 Å². The molecular weight excluding hydrogens is 208 g/mol. The first-order valence-corrected chi connectivity index (χ1v) is 5.37. The van der Waals surface area contributed by atoms with Crippen LogP contribution >= 0.6 is 0 Å². The molecule has 1 saturated heterocycles.